The van der Waals surface area contributed by atoms with E-state index in [0.717, 1.165) is 21.9 Å². The van der Waals surface area contributed by atoms with Gasteiger partial charge in [0.1, 0.15) is 0 Å². The molecule has 6 nitrogen and oxygen atoms in total. The molecule has 7 heteroatoms. The molecule has 2 N–H and O–H groups in total. The van der Waals surface area contributed by atoms with Crippen LogP contribution >= 0.6 is 11.8 Å². The lowest BCUT2D eigenvalue weighted by Gasteiger charge is -2.07. The molecule has 2 amide bonds. The van der Waals surface area contributed by atoms with Crippen LogP contribution in [-0.4, -0.2) is 24.4 Å². The van der Waals surface area contributed by atoms with E-state index in [1.165, 1.54) is 18.7 Å². The van der Waals surface area contributed by atoms with Crippen molar-refractivity contribution in [3.63, 3.8) is 0 Å². The SMILES string of the molecule is CC(=O)Nc1ccc(SCC(=O)NCc2ccc3c(c2)OCO3)cc1. The molecule has 1 aliphatic heterocycles. The van der Waals surface area contributed by atoms with Crippen LogP contribution < -0.4 is 20.1 Å². The molecular formula is C18H18N2O4S. The molecule has 0 atom stereocenters. The summed E-state index contributed by atoms with van der Waals surface area (Å²) in [5.41, 5.74) is 1.70. The van der Waals surface area contributed by atoms with E-state index in [1.807, 2.05) is 42.5 Å². The van der Waals surface area contributed by atoms with E-state index in [2.05, 4.69) is 10.6 Å². The van der Waals surface area contributed by atoms with Gasteiger partial charge in [-0.2, -0.15) is 0 Å². The van der Waals surface area contributed by atoms with Gasteiger partial charge < -0.3 is 20.1 Å². The van der Waals surface area contributed by atoms with Crippen LogP contribution in [0.25, 0.3) is 0 Å². The van der Waals surface area contributed by atoms with Crippen molar-refractivity contribution >= 4 is 29.3 Å². The van der Waals surface area contributed by atoms with E-state index < -0.39 is 0 Å². The normalized spacial score (nSPS) is 11.9. The number of hydrogen-bond acceptors (Lipinski definition) is 5. The molecule has 1 heterocycles. The van der Waals surface area contributed by atoms with Gasteiger partial charge in [0.15, 0.2) is 11.5 Å². The van der Waals surface area contributed by atoms with Crippen molar-refractivity contribution in [2.24, 2.45) is 0 Å². The highest BCUT2D eigenvalue weighted by Crippen LogP contribution is 2.32. The molecule has 130 valence electrons. The highest BCUT2D eigenvalue weighted by atomic mass is 32.2. The summed E-state index contributed by atoms with van der Waals surface area (Å²) < 4.78 is 10.6. The Morgan fingerprint density at radius 2 is 1.84 bits per heavy atom. The van der Waals surface area contributed by atoms with Crippen LogP contribution in [0.3, 0.4) is 0 Å². The topological polar surface area (TPSA) is 76.7 Å². The molecule has 0 radical (unpaired) electrons. The van der Waals surface area contributed by atoms with Gasteiger partial charge >= 0.3 is 0 Å². The van der Waals surface area contributed by atoms with Gasteiger partial charge in [-0.25, -0.2) is 0 Å². The van der Waals surface area contributed by atoms with Gasteiger partial charge in [0, 0.05) is 24.1 Å². The Kier molecular flexibility index (Phi) is 5.45. The van der Waals surface area contributed by atoms with Crippen molar-refractivity contribution in [1.29, 1.82) is 0 Å². The van der Waals surface area contributed by atoms with Gasteiger partial charge in [-0.3, -0.25) is 9.59 Å². The van der Waals surface area contributed by atoms with Crippen molar-refractivity contribution < 1.29 is 19.1 Å². The van der Waals surface area contributed by atoms with Crippen molar-refractivity contribution in [3.05, 3.63) is 48.0 Å². The maximum atomic E-state index is 12.0. The van der Waals surface area contributed by atoms with E-state index in [1.54, 1.807) is 0 Å². The second kappa shape index (κ2) is 7.94. The number of rotatable bonds is 6. The first-order valence-corrected chi connectivity index (χ1v) is 8.74. The zero-order valence-corrected chi connectivity index (χ0v) is 14.5. The Labute approximate surface area is 149 Å². The lowest BCUT2D eigenvalue weighted by molar-refractivity contribution is -0.118. The van der Waals surface area contributed by atoms with E-state index in [-0.39, 0.29) is 18.6 Å². The molecule has 1 aliphatic rings. The minimum Gasteiger partial charge on any atom is -0.454 e. The molecule has 25 heavy (non-hydrogen) atoms. The van der Waals surface area contributed by atoms with Crippen LogP contribution in [0.1, 0.15) is 12.5 Å². The number of anilines is 1. The molecule has 0 saturated heterocycles. The van der Waals surface area contributed by atoms with Crippen molar-refractivity contribution in [2.45, 2.75) is 18.4 Å². The zero-order valence-electron chi connectivity index (χ0n) is 13.7. The monoisotopic (exact) mass is 358 g/mol. The molecule has 0 bridgehead atoms. The fraction of sp³-hybridized carbons (Fsp3) is 0.222. The third-order valence-electron chi connectivity index (χ3n) is 3.47. The Bertz CT molecular complexity index is 777. The quantitative estimate of drug-likeness (QED) is 0.777. The molecule has 0 spiro atoms. The Hall–Kier alpha value is -2.67. The Morgan fingerprint density at radius 3 is 2.60 bits per heavy atom. The maximum absolute atomic E-state index is 12.0. The van der Waals surface area contributed by atoms with Crippen LogP contribution in [0.2, 0.25) is 0 Å². The zero-order chi connectivity index (χ0) is 17.6. The van der Waals surface area contributed by atoms with Crippen LogP contribution in [0.15, 0.2) is 47.4 Å². The predicted octanol–water partition coefficient (Wildman–Crippen LogP) is 2.78. The van der Waals surface area contributed by atoms with Crippen molar-refractivity contribution in [1.82, 2.24) is 5.32 Å². The molecule has 3 rings (SSSR count). The van der Waals surface area contributed by atoms with Crippen molar-refractivity contribution in [3.8, 4) is 11.5 Å². The lowest BCUT2D eigenvalue weighted by atomic mass is 10.2. The largest absolute Gasteiger partial charge is 0.454 e. The summed E-state index contributed by atoms with van der Waals surface area (Å²) in [4.78, 5) is 23.9. The smallest absolute Gasteiger partial charge is 0.231 e. The van der Waals surface area contributed by atoms with Gasteiger partial charge in [0.2, 0.25) is 18.6 Å². The molecule has 0 fully saturated rings. The molecular weight excluding hydrogens is 340 g/mol. The van der Waals surface area contributed by atoms with E-state index in [0.29, 0.717) is 18.0 Å². The van der Waals surface area contributed by atoms with E-state index in [9.17, 15) is 9.59 Å². The lowest BCUT2D eigenvalue weighted by Crippen LogP contribution is -2.24. The van der Waals surface area contributed by atoms with Gasteiger partial charge in [-0.05, 0) is 42.0 Å². The predicted molar refractivity (Wildman–Crippen MR) is 95.9 cm³/mol. The molecule has 2 aromatic rings. The first kappa shape index (κ1) is 17.2. The average Bonchev–Trinajstić information content (AvgIpc) is 3.06. The number of ether oxygens (including phenoxy) is 2. The molecule has 0 aliphatic carbocycles. The minimum atomic E-state index is -0.108. The number of amides is 2. The number of benzene rings is 2. The van der Waals surface area contributed by atoms with Gasteiger partial charge in [0.05, 0.1) is 5.75 Å². The van der Waals surface area contributed by atoms with Gasteiger partial charge in [0.25, 0.3) is 0 Å². The molecule has 2 aromatic carbocycles. The van der Waals surface area contributed by atoms with Crippen LogP contribution in [-0.2, 0) is 16.1 Å². The Morgan fingerprint density at radius 1 is 1.08 bits per heavy atom. The third kappa shape index (κ3) is 4.90. The van der Waals surface area contributed by atoms with Gasteiger partial charge in [-0.1, -0.05) is 6.07 Å². The summed E-state index contributed by atoms with van der Waals surface area (Å²) in [5.74, 6) is 1.61. The van der Waals surface area contributed by atoms with Gasteiger partial charge in [-0.15, -0.1) is 11.8 Å². The van der Waals surface area contributed by atoms with E-state index >= 15 is 0 Å². The molecule has 0 unspecified atom stereocenters. The van der Waals surface area contributed by atoms with Crippen molar-refractivity contribution in [2.75, 3.05) is 17.9 Å². The average molecular weight is 358 g/mol. The van der Waals surface area contributed by atoms with Crippen LogP contribution in [0.4, 0.5) is 5.69 Å². The summed E-state index contributed by atoms with van der Waals surface area (Å²) in [6.07, 6.45) is 0. The number of carbonyl (C=O) groups excluding carboxylic acids is 2. The number of nitrogens with one attached hydrogen (secondary N) is 2. The molecule has 0 saturated carbocycles. The highest BCUT2D eigenvalue weighted by molar-refractivity contribution is 8.00. The fourth-order valence-corrected chi connectivity index (χ4v) is 3.02. The first-order valence-electron chi connectivity index (χ1n) is 7.76. The fourth-order valence-electron chi connectivity index (χ4n) is 2.29. The summed E-state index contributed by atoms with van der Waals surface area (Å²) in [6.45, 7) is 2.15. The number of fused-ring (bicyclic) bond motifs is 1. The summed E-state index contributed by atoms with van der Waals surface area (Å²) >= 11 is 1.44. The van der Waals surface area contributed by atoms with Crippen LogP contribution in [0, 0.1) is 0 Å². The van der Waals surface area contributed by atoms with E-state index in [4.69, 9.17) is 9.47 Å². The summed E-state index contributed by atoms with van der Waals surface area (Å²) in [7, 11) is 0. The number of hydrogen-bond donors (Lipinski definition) is 2. The Balaban J connectivity index is 1.44. The second-order valence-electron chi connectivity index (χ2n) is 5.46. The maximum Gasteiger partial charge on any atom is 0.231 e. The standard InChI is InChI=1S/C18H18N2O4S/c1-12(21)20-14-3-5-15(6-4-14)25-10-18(22)19-9-13-2-7-16-17(8-13)24-11-23-16/h2-8H,9-11H2,1H3,(H,19,22)(H,20,21). The first-order chi connectivity index (χ1) is 12.1. The third-order valence-corrected chi connectivity index (χ3v) is 4.48. The van der Waals surface area contributed by atoms with Crippen LogP contribution in [0.5, 0.6) is 11.5 Å². The number of carbonyl (C=O) groups is 2. The second-order valence-corrected chi connectivity index (χ2v) is 6.51. The summed E-state index contributed by atoms with van der Waals surface area (Å²) in [5, 5.41) is 5.59. The summed E-state index contributed by atoms with van der Waals surface area (Å²) in [6, 6.07) is 13.0. The minimum absolute atomic E-state index is 0.0476. The highest BCUT2D eigenvalue weighted by Gasteiger charge is 2.13. The number of thioether (sulfide) groups is 1. The molecule has 0 aromatic heterocycles.